The van der Waals surface area contributed by atoms with Gasteiger partial charge in [-0.2, -0.15) is 0 Å². The van der Waals surface area contributed by atoms with Crippen LogP contribution in [0.25, 0.3) is 0 Å². The highest BCUT2D eigenvalue weighted by molar-refractivity contribution is 5.78. The van der Waals surface area contributed by atoms with E-state index in [4.69, 9.17) is 9.47 Å². The van der Waals surface area contributed by atoms with Crippen molar-refractivity contribution in [2.45, 2.75) is 124 Å². The lowest BCUT2D eigenvalue weighted by atomic mass is 9.87. The van der Waals surface area contributed by atoms with Gasteiger partial charge in [0.1, 0.15) is 0 Å². The maximum absolute atomic E-state index is 13.4. The Labute approximate surface area is 315 Å². The van der Waals surface area contributed by atoms with Gasteiger partial charge in [0.25, 0.3) is 0 Å². The molecule has 3 saturated carbocycles. The van der Waals surface area contributed by atoms with Gasteiger partial charge in [0, 0.05) is 81.8 Å². The SMILES string of the molecule is CN(Cc1cccc(C2CC2NC2COC3(CCN(CC(=O)NC4CC4)CC3)C2)c1)C(=O)CN1CCC2(CC1)CC(NC1CC1c1ccccc1)CO2. The second kappa shape index (κ2) is 15.0. The molecule has 10 heteroatoms. The molecule has 286 valence electrons. The van der Waals surface area contributed by atoms with E-state index in [2.05, 4.69) is 80.3 Å². The number of ether oxygens (including phenoxy) is 2. The van der Waals surface area contributed by atoms with E-state index in [0.717, 1.165) is 97.2 Å². The third-order valence-electron chi connectivity index (χ3n) is 13.6. The van der Waals surface area contributed by atoms with Crippen LogP contribution in [0, 0.1) is 0 Å². The normalized spacial score (nSPS) is 31.9. The summed E-state index contributed by atoms with van der Waals surface area (Å²) in [7, 11) is 1.95. The highest BCUT2D eigenvalue weighted by Gasteiger charge is 2.48. The Kier molecular flexibility index (Phi) is 10.1. The molecular weight excluding hydrogens is 665 g/mol. The van der Waals surface area contributed by atoms with Crippen LogP contribution in [0.5, 0.6) is 0 Å². The first kappa shape index (κ1) is 35.8. The molecule has 53 heavy (non-hydrogen) atoms. The molecule has 3 N–H and O–H groups in total. The summed E-state index contributed by atoms with van der Waals surface area (Å²) in [6, 6.07) is 22.1. The standard InChI is InChI=1S/C43H60N6O4/c1-47(41(51)27-49-18-14-43(15-19-49)23-34(28-53-43)44-38-21-36(38)31-7-3-2-4-8-31)25-30-6-5-9-32(20-30)37-22-39(37)45-35-24-42(52-29-35)12-16-48(17-13-42)26-40(50)46-33-10-11-33/h2-9,20,33-39,44-45H,10-19,21-29H2,1H3,(H,46,50). The first-order valence-corrected chi connectivity index (χ1v) is 20.7. The number of nitrogens with zero attached hydrogens (tertiary/aromatic N) is 3. The Bertz CT molecular complexity index is 1600. The van der Waals surface area contributed by atoms with E-state index in [1.165, 1.54) is 23.1 Å². The Morgan fingerprint density at radius 2 is 1.30 bits per heavy atom. The molecule has 2 spiro atoms. The maximum atomic E-state index is 13.4. The summed E-state index contributed by atoms with van der Waals surface area (Å²) in [5.74, 6) is 1.52. The minimum atomic E-state index is -0.0358. The molecule has 9 rings (SSSR count). The molecule has 4 saturated heterocycles. The van der Waals surface area contributed by atoms with E-state index in [0.29, 0.717) is 61.7 Å². The van der Waals surface area contributed by atoms with Crippen LogP contribution >= 0.6 is 0 Å². The minimum absolute atomic E-state index is 0.0324. The summed E-state index contributed by atoms with van der Waals surface area (Å²) in [6.45, 7) is 6.90. The number of likely N-dealkylation sites (N-methyl/N-ethyl adjacent to an activating group) is 1. The van der Waals surface area contributed by atoms with Crippen LogP contribution in [-0.2, 0) is 25.6 Å². The van der Waals surface area contributed by atoms with E-state index in [-0.39, 0.29) is 23.0 Å². The second-order valence-corrected chi connectivity index (χ2v) is 17.8. The fourth-order valence-electron chi connectivity index (χ4n) is 9.94. The summed E-state index contributed by atoms with van der Waals surface area (Å²) >= 11 is 0. The monoisotopic (exact) mass is 724 g/mol. The van der Waals surface area contributed by atoms with E-state index in [1.807, 2.05) is 11.9 Å². The van der Waals surface area contributed by atoms with Crippen LogP contribution in [0.4, 0.5) is 0 Å². The Balaban J connectivity index is 0.677. The van der Waals surface area contributed by atoms with Crippen LogP contribution in [0.3, 0.4) is 0 Å². The third-order valence-corrected chi connectivity index (χ3v) is 13.6. The predicted octanol–water partition coefficient (Wildman–Crippen LogP) is 3.76. The van der Waals surface area contributed by atoms with Crippen molar-refractivity contribution in [3.8, 4) is 0 Å². The Hall–Kier alpha value is -2.86. The van der Waals surface area contributed by atoms with E-state index in [1.54, 1.807) is 0 Å². The molecule has 2 aromatic rings. The zero-order valence-electron chi connectivity index (χ0n) is 31.6. The highest BCUT2D eigenvalue weighted by atomic mass is 16.5. The van der Waals surface area contributed by atoms with Gasteiger partial charge in [0.2, 0.25) is 11.8 Å². The molecule has 4 heterocycles. The van der Waals surface area contributed by atoms with Gasteiger partial charge in [-0.1, -0.05) is 54.6 Å². The van der Waals surface area contributed by atoms with Crippen molar-refractivity contribution < 1.29 is 19.1 Å². The predicted molar refractivity (Wildman–Crippen MR) is 205 cm³/mol. The molecule has 0 aromatic heterocycles. The lowest BCUT2D eigenvalue weighted by molar-refractivity contribution is -0.133. The summed E-state index contributed by atoms with van der Waals surface area (Å²) in [6.07, 6.45) is 10.8. The zero-order valence-corrected chi connectivity index (χ0v) is 31.6. The average molecular weight is 725 g/mol. The fraction of sp³-hybridized carbons (Fsp3) is 0.674. The molecule has 6 unspecified atom stereocenters. The summed E-state index contributed by atoms with van der Waals surface area (Å²) in [4.78, 5) is 32.1. The molecule has 7 aliphatic rings. The molecule has 10 nitrogen and oxygen atoms in total. The minimum Gasteiger partial charge on any atom is -0.373 e. The lowest BCUT2D eigenvalue weighted by Crippen LogP contribution is -2.48. The molecule has 2 amide bonds. The number of nitrogens with one attached hydrogen (secondary N) is 3. The molecule has 6 atom stereocenters. The number of hydrogen-bond acceptors (Lipinski definition) is 8. The van der Waals surface area contributed by atoms with Gasteiger partial charge < -0.3 is 30.3 Å². The highest BCUT2D eigenvalue weighted by Crippen LogP contribution is 2.45. The summed E-state index contributed by atoms with van der Waals surface area (Å²) < 4.78 is 12.9. The molecule has 0 radical (unpaired) electrons. The van der Waals surface area contributed by atoms with Crippen molar-refractivity contribution in [3.63, 3.8) is 0 Å². The van der Waals surface area contributed by atoms with Gasteiger partial charge >= 0.3 is 0 Å². The topological polar surface area (TPSA) is 98.4 Å². The summed E-state index contributed by atoms with van der Waals surface area (Å²) in [5.41, 5.74) is 3.95. The second-order valence-electron chi connectivity index (χ2n) is 17.8. The van der Waals surface area contributed by atoms with Gasteiger partial charge in [-0.25, -0.2) is 0 Å². The van der Waals surface area contributed by atoms with Crippen molar-refractivity contribution in [1.82, 2.24) is 30.7 Å². The van der Waals surface area contributed by atoms with E-state index < -0.39 is 0 Å². The molecule has 2 aromatic carbocycles. The van der Waals surface area contributed by atoms with Crippen molar-refractivity contribution in [2.24, 2.45) is 0 Å². The zero-order chi connectivity index (χ0) is 36.0. The van der Waals surface area contributed by atoms with E-state index >= 15 is 0 Å². The average Bonchev–Trinajstić information content (AvgIpc) is 4.12. The van der Waals surface area contributed by atoms with Crippen molar-refractivity contribution in [3.05, 3.63) is 71.3 Å². The lowest BCUT2D eigenvalue weighted by Gasteiger charge is -2.38. The van der Waals surface area contributed by atoms with Crippen molar-refractivity contribution in [1.29, 1.82) is 0 Å². The molecule has 3 aliphatic carbocycles. The third kappa shape index (κ3) is 8.68. The van der Waals surface area contributed by atoms with Crippen LogP contribution in [0.1, 0.15) is 92.7 Å². The molecule has 4 aliphatic heterocycles. The van der Waals surface area contributed by atoms with Gasteiger partial charge in [0.05, 0.1) is 37.5 Å². The molecular formula is C43H60N6O4. The quantitative estimate of drug-likeness (QED) is 0.288. The largest absolute Gasteiger partial charge is 0.373 e. The number of benzene rings is 2. The Morgan fingerprint density at radius 1 is 0.736 bits per heavy atom. The molecule has 0 bridgehead atoms. The fourth-order valence-corrected chi connectivity index (χ4v) is 9.94. The number of carbonyl (C=O) groups excluding carboxylic acids is 2. The smallest absolute Gasteiger partial charge is 0.236 e. The van der Waals surface area contributed by atoms with Crippen LogP contribution in [0.2, 0.25) is 0 Å². The first-order chi connectivity index (χ1) is 25.8. The van der Waals surface area contributed by atoms with Crippen LogP contribution in [-0.4, -0.2) is 127 Å². The number of amides is 2. The number of piperidine rings is 2. The van der Waals surface area contributed by atoms with Crippen molar-refractivity contribution in [2.75, 3.05) is 59.5 Å². The van der Waals surface area contributed by atoms with Crippen LogP contribution in [0.15, 0.2) is 54.6 Å². The van der Waals surface area contributed by atoms with Gasteiger partial charge in [-0.3, -0.25) is 19.4 Å². The maximum Gasteiger partial charge on any atom is 0.236 e. The van der Waals surface area contributed by atoms with E-state index in [9.17, 15) is 9.59 Å². The van der Waals surface area contributed by atoms with Gasteiger partial charge in [-0.15, -0.1) is 0 Å². The number of likely N-dealkylation sites (tertiary alicyclic amines) is 2. The van der Waals surface area contributed by atoms with Gasteiger partial charge in [-0.05, 0) is 80.9 Å². The molecule has 7 fully saturated rings. The first-order valence-electron chi connectivity index (χ1n) is 20.7. The number of carbonyl (C=O) groups is 2. The Morgan fingerprint density at radius 3 is 1.91 bits per heavy atom. The van der Waals surface area contributed by atoms with Gasteiger partial charge in [0.15, 0.2) is 0 Å². The van der Waals surface area contributed by atoms with Crippen molar-refractivity contribution >= 4 is 11.8 Å². The summed E-state index contributed by atoms with van der Waals surface area (Å²) in [5, 5.41) is 10.9. The number of rotatable bonds is 13. The van der Waals surface area contributed by atoms with Crippen LogP contribution < -0.4 is 16.0 Å². The number of hydrogen-bond donors (Lipinski definition) is 3.